The predicted octanol–water partition coefficient (Wildman–Crippen LogP) is 2.38. The highest BCUT2D eigenvalue weighted by Crippen LogP contribution is 2.34. The van der Waals surface area contributed by atoms with E-state index in [-0.39, 0.29) is 23.9 Å². The Bertz CT molecular complexity index is 858. The second kappa shape index (κ2) is 8.86. The average Bonchev–Trinajstić information content (AvgIpc) is 2.61. The van der Waals surface area contributed by atoms with Crippen molar-refractivity contribution in [3.05, 3.63) is 46.0 Å². The van der Waals surface area contributed by atoms with Gasteiger partial charge >= 0.3 is 11.8 Å². The number of nitro groups is 1. The number of aromatic hydroxyl groups is 1. The summed E-state index contributed by atoms with van der Waals surface area (Å²) in [7, 11) is 0. The van der Waals surface area contributed by atoms with Crippen molar-refractivity contribution in [3.63, 3.8) is 0 Å². The van der Waals surface area contributed by atoms with Crippen LogP contribution in [0.5, 0.6) is 5.75 Å². The van der Waals surface area contributed by atoms with E-state index in [0.29, 0.717) is 5.56 Å². The second-order valence-corrected chi connectivity index (χ2v) is 5.86. The SMILES string of the molecule is CCOC(=O)Nc1cc(N[C@H](C)[C@@H](O)c2ccc(O)cc2)c([N+](=O)[O-])c(N)n1. The zero-order valence-corrected chi connectivity index (χ0v) is 15.2. The number of phenols is 1. The van der Waals surface area contributed by atoms with Gasteiger partial charge in [0, 0.05) is 6.07 Å². The lowest BCUT2D eigenvalue weighted by Gasteiger charge is -2.22. The van der Waals surface area contributed by atoms with E-state index in [1.165, 1.54) is 30.3 Å². The number of rotatable bonds is 7. The highest BCUT2D eigenvalue weighted by molar-refractivity contribution is 5.86. The fourth-order valence-corrected chi connectivity index (χ4v) is 2.48. The van der Waals surface area contributed by atoms with Crippen molar-refractivity contribution in [1.29, 1.82) is 0 Å². The van der Waals surface area contributed by atoms with Crippen molar-refractivity contribution < 1.29 is 24.7 Å². The summed E-state index contributed by atoms with van der Waals surface area (Å²) >= 11 is 0. The molecule has 0 aliphatic carbocycles. The molecule has 0 unspecified atom stereocenters. The van der Waals surface area contributed by atoms with E-state index >= 15 is 0 Å². The molecule has 2 atom stereocenters. The Kier molecular flexibility index (Phi) is 6.55. The van der Waals surface area contributed by atoms with E-state index < -0.39 is 34.7 Å². The molecule has 0 fully saturated rings. The van der Waals surface area contributed by atoms with Crippen LogP contribution in [0, 0.1) is 10.1 Å². The van der Waals surface area contributed by atoms with Gasteiger partial charge < -0.3 is 26.0 Å². The fourth-order valence-electron chi connectivity index (χ4n) is 2.48. The van der Waals surface area contributed by atoms with E-state index in [2.05, 4.69) is 15.6 Å². The third-order valence-corrected chi connectivity index (χ3v) is 3.80. The van der Waals surface area contributed by atoms with E-state index in [0.717, 1.165) is 0 Å². The molecule has 1 amide bonds. The number of nitrogens with two attached hydrogens (primary N) is 1. The predicted molar refractivity (Wildman–Crippen MR) is 102 cm³/mol. The first-order chi connectivity index (χ1) is 13.2. The molecule has 6 N–H and O–H groups in total. The molecule has 28 heavy (non-hydrogen) atoms. The quantitative estimate of drug-likeness (QED) is 0.351. The highest BCUT2D eigenvalue weighted by Gasteiger charge is 2.25. The molecule has 0 aliphatic heterocycles. The summed E-state index contributed by atoms with van der Waals surface area (Å²) in [4.78, 5) is 26.0. The molecule has 1 aromatic heterocycles. The van der Waals surface area contributed by atoms with Gasteiger partial charge in [-0.25, -0.2) is 9.78 Å². The second-order valence-electron chi connectivity index (χ2n) is 5.86. The minimum absolute atomic E-state index is 0.0328. The molecule has 0 saturated heterocycles. The summed E-state index contributed by atoms with van der Waals surface area (Å²) in [6.45, 7) is 3.36. The number of nitrogens with one attached hydrogen (secondary N) is 2. The lowest BCUT2D eigenvalue weighted by molar-refractivity contribution is -0.383. The van der Waals surface area contributed by atoms with Crippen LogP contribution in [-0.2, 0) is 4.74 Å². The number of aliphatic hydroxyl groups excluding tert-OH is 1. The summed E-state index contributed by atoms with van der Waals surface area (Å²) in [5, 5.41) is 36.3. The van der Waals surface area contributed by atoms with E-state index in [4.69, 9.17) is 10.5 Å². The van der Waals surface area contributed by atoms with Crippen LogP contribution in [0.4, 0.5) is 27.8 Å². The highest BCUT2D eigenvalue weighted by atomic mass is 16.6. The molecule has 0 bridgehead atoms. The number of phenolic OH excluding ortho intramolecular Hbond substituents is 1. The maximum Gasteiger partial charge on any atom is 0.412 e. The first-order valence-electron chi connectivity index (χ1n) is 8.35. The summed E-state index contributed by atoms with van der Waals surface area (Å²) < 4.78 is 4.74. The smallest absolute Gasteiger partial charge is 0.412 e. The van der Waals surface area contributed by atoms with Gasteiger partial charge in [-0.3, -0.25) is 15.4 Å². The topological polar surface area (TPSA) is 173 Å². The third-order valence-electron chi connectivity index (χ3n) is 3.80. The van der Waals surface area contributed by atoms with Gasteiger partial charge in [0.2, 0.25) is 5.82 Å². The van der Waals surface area contributed by atoms with Crippen molar-refractivity contribution >= 4 is 29.1 Å². The number of aromatic nitrogens is 1. The van der Waals surface area contributed by atoms with Crippen LogP contribution in [0.15, 0.2) is 30.3 Å². The molecular formula is C17H21N5O6. The Morgan fingerprint density at radius 1 is 1.39 bits per heavy atom. The van der Waals surface area contributed by atoms with Crippen LogP contribution in [0.2, 0.25) is 0 Å². The summed E-state index contributed by atoms with van der Waals surface area (Å²) in [5.74, 6) is -0.410. The molecule has 1 aromatic carbocycles. The summed E-state index contributed by atoms with van der Waals surface area (Å²) in [6.07, 6.45) is -1.83. The van der Waals surface area contributed by atoms with Gasteiger partial charge in [-0.05, 0) is 31.5 Å². The van der Waals surface area contributed by atoms with Gasteiger partial charge in [-0.15, -0.1) is 0 Å². The lowest BCUT2D eigenvalue weighted by Crippen LogP contribution is -2.25. The number of aliphatic hydroxyl groups is 1. The lowest BCUT2D eigenvalue weighted by atomic mass is 10.0. The Morgan fingerprint density at radius 2 is 2.04 bits per heavy atom. The number of hydrogen-bond acceptors (Lipinski definition) is 9. The minimum Gasteiger partial charge on any atom is -0.508 e. The van der Waals surface area contributed by atoms with Crippen LogP contribution in [0.25, 0.3) is 0 Å². The van der Waals surface area contributed by atoms with Crippen LogP contribution in [0.1, 0.15) is 25.5 Å². The largest absolute Gasteiger partial charge is 0.508 e. The first-order valence-corrected chi connectivity index (χ1v) is 8.35. The zero-order valence-electron chi connectivity index (χ0n) is 15.2. The number of ether oxygens (including phenoxy) is 1. The van der Waals surface area contributed by atoms with Gasteiger partial charge in [0.15, 0.2) is 0 Å². The number of carbonyl (C=O) groups excluding carboxylic acids is 1. The number of hydrogen-bond donors (Lipinski definition) is 5. The standard InChI is InChI=1S/C17H21N5O6/c1-3-28-17(25)21-13-8-12(14(22(26)27)16(18)20-13)19-9(2)15(24)10-4-6-11(23)7-5-10/h4-9,15,23-24H,3H2,1-2H3,(H4,18,19,20,21,25)/t9-,15-/m1/s1. The zero-order chi connectivity index (χ0) is 20.8. The Morgan fingerprint density at radius 3 is 2.61 bits per heavy atom. The summed E-state index contributed by atoms with van der Waals surface area (Å²) in [5.41, 5.74) is 5.65. The van der Waals surface area contributed by atoms with Crippen molar-refractivity contribution in [2.75, 3.05) is 23.0 Å². The van der Waals surface area contributed by atoms with Gasteiger partial charge in [-0.1, -0.05) is 12.1 Å². The molecule has 2 aromatic rings. The van der Waals surface area contributed by atoms with Crippen LogP contribution in [-0.4, -0.2) is 38.9 Å². The molecular weight excluding hydrogens is 370 g/mol. The number of carbonyl (C=O) groups is 1. The molecule has 150 valence electrons. The summed E-state index contributed by atoms with van der Waals surface area (Å²) in [6, 6.07) is 6.44. The maximum atomic E-state index is 11.6. The maximum absolute atomic E-state index is 11.6. The first kappa shape index (κ1) is 20.7. The number of pyridine rings is 1. The Hall–Kier alpha value is -3.60. The van der Waals surface area contributed by atoms with Gasteiger partial charge in [0.05, 0.1) is 23.7 Å². The Labute approximate surface area is 160 Å². The number of amides is 1. The van der Waals surface area contributed by atoms with Crippen LogP contribution < -0.4 is 16.4 Å². The minimum atomic E-state index is -1.05. The molecule has 0 spiro atoms. The molecule has 2 rings (SSSR count). The Balaban J connectivity index is 2.30. The molecule has 11 nitrogen and oxygen atoms in total. The number of nitrogen functional groups attached to an aromatic ring is 1. The van der Waals surface area contributed by atoms with Crippen LogP contribution in [0.3, 0.4) is 0 Å². The molecule has 0 saturated carbocycles. The van der Waals surface area contributed by atoms with Crippen molar-refractivity contribution in [1.82, 2.24) is 4.98 Å². The van der Waals surface area contributed by atoms with Crippen molar-refractivity contribution in [3.8, 4) is 5.75 Å². The monoisotopic (exact) mass is 391 g/mol. The molecule has 0 radical (unpaired) electrons. The van der Waals surface area contributed by atoms with Gasteiger partial charge in [-0.2, -0.15) is 0 Å². The third kappa shape index (κ3) is 4.98. The van der Waals surface area contributed by atoms with Crippen molar-refractivity contribution in [2.24, 2.45) is 0 Å². The fraction of sp³-hybridized carbons (Fsp3) is 0.294. The van der Waals surface area contributed by atoms with Crippen LogP contribution >= 0.6 is 0 Å². The van der Waals surface area contributed by atoms with Gasteiger partial charge in [0.1, 0.15) is 17.3 Å². The van der Waals surface area contributed by atoms with E-state index in [1.54, 1.807) is 13.8 Å². The normalized spacial score (nSPS) is 12.7. The molecule has 11 heteroatoms. The van der Waals surface area contributed by atoms with E-state index in [1.807, 2.05) is 0 Å². The number of benzene rings is 1. The average molecular weight is 391 g/mol. The van der Waals surface area contributed by atoms with Gasteiger partial charge in [0.25, 0.3) is 0 Å². The van der Waals surface area contributed by atoms with E-state index in [9.17, 15) is 25.1 Å². The number of anilines is 3. The number of nitrogens with zero attached hydrogens (tertiary/aromatic N) is 2. The molecule has 0 aliphatic rings. The van der Waals surface area contributed by atoms with Crippen molar-refractivity contribution in [2.45, 2.75) is 26.0 Å². The molecule has 1 heterocycles.